The molecular weight excluding hydrogens is 388 g/mol. The van der Waals surface area contributed by atoms with Gasteiger partial charge in [0.05, 0.1) is 6.67 Å². The molecule has 32 heavy (non-hydrogen) atoms. The van der Waals surface area contributed by atoms with E-state index >= 15 is 0 Å². The molecule has 0 saturated carbocycles. The van der Waals surface area contributed by atoms with Gasteiger partial charge in [0.2, 0.25) is 0 Å². The van der Waals surface area contributed by atoms with E-state index in [1.54, 1.807) is 0 Å². The molecule has 2 aromatic rings. The molecule has 0 radical (unpaired) electrons. The van der Waals surface area contributed by atoms with Crippen LogP contribution in [0.5, 0.6) is 0 Å². The monoisotopic (exact) mass is 438 g/mol. The maximum atomic E-state index is 2.64. The zero-order valence-electron chi connectivity index (χ0n) is 22.4. The fraction of sp³-hybridized carbons (Fsp3) is 0.600. The Morgan fingerprint density at radius 3 is 0.844 bits per heavy atom. The van der Waals surface area contributed by atoms with Crippen LogP contribution in [-0.2, 0) is 0 Å². The maximum Gasteiger partial charge on any atom is 0.0903 e. The van der Waals surface area contributed by atoms with Crippen molar-refractivity contribution in [2.24, 2.45) is 0 Å². The lowest BCUT2D eigenvalue weighted by Gasteiger charge is -2.38. The highest BCUT2D eigenvalue weighted by molar-refractivity contribution is 5.69. The van der Waals surface area contributed by atoms with E-state index in [9.17, 15) is 0 Å². The summed E-state index contributed by atoms with van der Waals surface area (Å²) < 4.78 is 0. The van der Waals surface area contributed by atoms with E-state index in [2.05, 4.69) is 92.9 Å². The predicted molar refractivity (Wildman–Crippen MR) is 147 cm³/mol. The molecule has 0 aromatic heterocycles. The van der Waals surface area contributed by atoms with Gasteiger partial charge in [-0.25, -0.2) is 0 Å². The van der Waals surface area contributed by atoms with Gasteiger partial charge in [0.15, 0.2) is 0 Å². The zero-order chi connectivity index (χ0) is 23.6. The van der Waals surface area contributed by atoms with Crippen molar-refractivity contribution in [1.82, 2.24) is 0 Å². The van der Waals surface area contributed by atoms with Crippen LogP contribution in [0.3, 0.4) is 0 Å². The summed E-state index contributed by atoms with van der Waals surface area (Å²) in [6, 6.07) is 0. The summed E-state index contributed by atoms with van der Waals surface area (Å²) in [6.45, 7) is 30.6. The van der Waals surface area contributed by atoms with Gasteiger partial charge in [-0.2, -0.15) is 0 Å². The van der Waals surface area contributed by atoms with E-state index in [-0.39, 0.29) is 7.43 Å². The van der Waals surface area contributed by atoms with Gasteiger partial charge in [0, 0.05) is 24.5 Å². The van der Waals surface area contributed by atoms with E-state index in [0.717, 1.165) is 32.6 Å². The predicted octanol–water partition coefficient (Wildman–Crippen LogP) is 8.50. The molecule has 0 aliphatic carbocycles. The summed E-state index contributed by atoms with van der Waals surface area (Å²) in [5.41, 5.74) is 17.3. The topological polar surface area (TPSA) is 6.48 Å². The molecular formula is C30H50N2. The van der Waals surface area contributed by atoms with Crippen molar-refractivity contribution < 1.29 is 0 Å². The van der Waals surface area contributed by atoms with Crippen molar-refractivity contribution in [1.29, 1.82) is 0 Å². The van der Waals surface area contributed by atoms with Crippen molar-refractivity contribution in [3.63, 3.8) is 0 Å². The van der Waals surface area contributed by atoms with Gasteiger partial charge >= 0.3 is 0 Å². The van der Waals surface area contributed by atoms with Crippen LogP contribution in [0.2, 0.25) is 0 Å². The highest BCUT2D eigenvalue weighted by Crippen LogP contribution is 2.36. The van der Waals surface area contributed by atoms with E-state index in [1.807, 2.05) is 0 Å². The molecule has 0 unspecified atom stereocenters. The number of nitrogens with zero attached hydrogens (tertiary/aromatic N) is 2. The van der Waals surface area contributed by atoms with Gasteiger partial charge in [-0.15, -0.1) is 0 Å². The number of anilines is 2. The molecule has 2 nitrogen and oxygen atoms in total. The fourth-order valence-corrected chi connectivity index (χ4v) is 5.16. The molecule has 0 bridgehead atoms. The molecule has 2 rings (SSSR count). The second kappa shape index (κ2) is 11.3. The lowest BCUT2D eigenvalue weighted by Crippen LogP contribution is -2.41. The van der Waals surface area contributed by atoms with Gasteiger partial charge < -0.3 is 9.80 Å². The normalized spacial score (nSPS) is 10.9. The minimum Gasteiger partial charge on any atom is -0.353 e. The van der Waals surface area contributed by atoms with Crippen LogP contribution in [0.15, 0.2) is 0 Å². The minimum absolute atomic E-state index is 0. The largest absolute Gasteiger partial charge is 0.353 e. The van der Waals surface area contributed by atoms with Gasteiger partial charge in [-0.1, -0.05) is 21.3 Å². The van der Waals surface area contributed by atoms with Crippen LogP contribution < -0.4 is 9.80 Å². The molecule has 0 atom stereocenters. The van der Waals surface area contributed by atoms with Crippen LogP contribution in [0.25, 0.3) is 0 Å². The molecule has 0 fully saturated rings. The molecule has 2 aromatic carbocycles. The van der Waals surface area contributed by atoms with Crippen molar-refractivity contribution in [3.05, 3.63) is 55.6 Å². The second-order valence-electron chi connectivity index (χ2n) is 9.62. The lowest BCUT2D eigenvalue weighted by atomic mass is 9.91. The summed E-state index contributed by atoms with van der Waals surface area (Å²) in [6.07, 6.45) is 2.30. The SMILES string of the molecule is C.CCCN(CN(CCC)c1c(C)c(C)c(C)c(C)c1C)c1c(C)c(C)c(C)c(C)c1C. The average Bonchev–Trinajstić information content (AvgIpc) is 2.74. The molecule has 0 aliphatic heterocycles. The third-order valence-corrected chi connectivity index (χ3v) is 7.88. The number of hydrogen-bond acceptors (Lipinski definition) is 2. The molecule has 0 N–H and O–H groups in total. The molecule has 0 spiro atoms. The second-order valence-corrected chi connectivity index (χ2v) is 9.62. The summed E-state index contributed by atoms with van der Waals surface area (Å²) in [4.78, 5) is 5.28. The quantitative estimate of drug-likeness (QED) is 0.381. The number of rotatable bonds is 8. The fourth-order valence-electron chi connectivity index (χ4n) is 5.16. The summed E-state index contributed by atoms with van der Waals surface area (Å²) in [5, 5.41) is 0. The number of benzene rings is 2. The van der Waals surface area contributed by atoms with Crippen molar-refractivity contribution in [3.8, 4) is 0 Å². The van der Waals surface area contributed by atoms with Crippen molar-refractivity contribution in [2.75, 3.05) is 29.6 Å². The summed E-state index contributed by atoms with van der Waals surface area (Å²) in [5.74, 6) is 0. The lowest BCUT2D eigenvalue weighted by molar-refractivity contribution is 0.690. The van der Waals surface area contributed by atoms with Gasteiger partial charge in [0.1, 0.15) is 0 Å². The Hall–Kier alpha value is -1.96. The molecule has 0 aliphatic rings. The average molecular weight is 439 g/mol. The molecule has 180 valence electrons. The van der Waals surface area contributed by atoms with E-state index < -0.39 is 0 Å². The van der Waals surface area contributed by atoms with Crippen LogP contribution in [-0.4, -0.2) is 19.8 Å². The van der Waals surface area contributed by atoms with Crippen LogP contribution in [0, 0.1) is 69.2 Å². The molecule has 0 heterocycles. The van der Waals surface area contributed by atoms with E-state index in [4.69, 9.17) is 0 Å². The Labute approximate surface area is 200 Å². The van der Waals surface area contributed by atoms with Crippen LogP contribution in [0.1, 0.15) is 89.8 Å². The Morgan fingerprint density at radius 1 is 0.406 bits per heavy atom. The van der Waals surface area contributed by atoms with Gasteiger partial charge in [-0.05, 0) is 138 Å². The summed E-state index contributed by atoms with van der Waals surface area (Å²) >= 11 is 0. The Bertz CT molecular complexity index is 817. The summed E-state index contributed by atoms with van der Waals surface area (Å²) in [7, 11) is 0. The molecule has 0 saturated heterocycles. The highest BCUT2D eigenvalue weighted by Gasteiger charge is 2.22. The first-order valence-electron chi connectivity index (χ1n) is 12.1. The third kappa shape index (κ3) is 5.00. The van der Waals surface area contributed by atoms with E-state index in [0.29, 0.717) is 0 Å². The smallest absolute Gasteiger partial charge is 0.0903 e. The van der Waals surface area contributed by atoms with Crippen molar-refractivity contribution >= 4 is 11.4 Å². The molecule has 0 amide bonds. The zero-order valence-corrected chi connectivity index (χ0v) is 22.4. The first-order valence-corrected chi connectivity index (χ1v) is 12.1. The van der Waals surface area contributed by atoms with E-state index in [1.165, 1.54) is 67.0 Å². The first kappa shape index (κ1) is 28.1. The van der Waals surface area contributed by atoms with Crippen molar-refractivity contribution in [2.45, 2.75) is 103 Å². The highest BCUT2D eigenvalue weighted by atomic mass is 15.3. The first-order chi connectivity index (χ1) is 14.5. The van der Waals surface area contributed by atoms with Crippen LogP contribution >= 0.6 is 0 Å². The molecule has 2 heteroatoms. The van der Waals surface area contributed by atoms with Gasteiger partial charge in [-0.3, -0.25) is 0 Å². The number of hydrogen-bond donors (Lipinski definition) is 0. The minimum atomic E-state index is 0. The maximum absolute atomic E-state index is 2.64. The Morgan fingerprint density at radius 2 is 0.625 bits per heavy atom. The standard InChI is InChI=1S/C29H46N2.CH4/c1-13-15-30(28-24(9)20(5)18(3)21(6)25(28)10)17-31(16-14-2)29-26(11)22(7)19(4)23(8)27(29)12;/h13-17H2,1-12H3;1H4. The Balaban J connectivity index is 0.00000512. The van der Waals surface area contributed by atoms with Gasteiger partial charge in [0.25, 0.3) is 0 Å². The van der Waals surface area contributed by atoms with Crippen LogP contribution in [0.4, 0.5) is 11.4 Å². The third-order valence-electron chi connectivity index (χ3n) is 7.88. The Kier molecular flexibility index (Phi) is 9.87.